The molecule has 1 atom stereocenters. The van der Waals surface area contributed by atoms with E-state index in [1.54, 1.807) is 6.92 Å². The molecule has 0 radical (unpaired) electrons. The zero-order valence-corrected chi connectivity index (χ0v) is 11.2. The van der Waals surface area contributed by atoms with E-state index >= 15 is 0 Å². The monoisotopic (exact) mass is 274 g/mol. The van der Waals surface area contributed by atoms with Gasteiger partial charge < -0.3 is 10.2 Å². The van der Waals surface area contributed by atoms with Gasteiger partial charge >= 0.3 is 0 Å². The molecule has 1 aliphatic heterocycles. The molecule has 2 amide bonds. The summed E-state index contributed by atoms with van der Waals surface area (Å²) in [6, 6.07) is -0.435. The van der Waals surface area contributed by atoms with Crippen LogP contribution in [-0.2, 0) is 19.4 Å². The van der Waals surface area contributed by atoms with Crippen LogP contribution in [0.1, 0.15) is 19.8 Å². The molecule has 1 aliphatic carbocycles. The van der Waals surface area contributed by atoms with Crippen molar-refractivity contribution in [3.63, 3.8) is 0 Å². The number of rotatable bonds is 5. The van der Waals surface area contributed by atoms with Gasteiger partial charge in [-0.3, -0.25) is 9.59 Å². The van der Waals surface area contributed by atoms with Crippen LogP contribution in [0.2, 0.25) is 0 Å². The highest BCUT2D eigenvalue weighted by molar-refractivity contribution is 7.91. The number of hydrogen-bond acceptors (Lipinski definition) is 4. The maximum absolute atomic E-state index is 12.1. The number of hydrogen-bond donors (Lipinski definition) is 1. The Morgan fingerprint density at radius 1 is 1.33 bits per heavy atom. The van der Waals surface area contributed by atoms with Crippen LogP contribution in [-0.4, -0.2) is 55.8 Å². The summed E-state index contributed by atoms with van der Waals surface area (Å²) in [5.74, 6) is -0.0940. The molecule has 2 rings (SSSR count). The molecule has 0 aromatic heterocycles. The highest BCUT2D eigenvalue weighted by Crippen LogP contribution is 2.34. The Balaban J connectivity index is 1.98. The lowest BCUT2D eigenvalue weighted by Crippen LogP contribution is -2.59. The summed E-state index contributed by atoms with van der Waals surface area (Å²) in [6.07, 6.45) is 1.91. The molecule has 6 nitrogen and oxygen atoms in total. The molecule has 2 aliphatic rings. The molecule has 1 heterocycles. The molecule has 102 valence electrons. The Kier molecular flexibility index (Phi) is 3.61. The highest BCUT2D eigenvalue weighted by atomic mass is 32.2. The molecule has 2 fully saturated rings. The van der Waals surface area contributed by atoms with Crippen molar-refractivity contribution in [3.05, 3.63) is 0 Å². The molecule has 18 heavy (non-hydrogen) atoms. The van der Waals surface area contributed by atoms with E-state index in [-0.39, 0.29) is 42.3 Å². The first-order valence-electron chi connectivity index (χ1n) is 6.21. The lowest BCUT2D eigenvalue weighted by Gasteiger charge is -2.32. The van der Waals surface area contributed by atoms with Crippen LogP contribution in [0, 0.1) is 5.92 Å². The van der Waals surface area contributed by atoms with Crippen molar-refractivity contribution in [2.45, 2.75) is 25.8 Å². The topological polar surface area (TPSA) is 83.6 Å². The molecular formula is C11H18N2O4S. The number of carbonyl (C=O) groups is 2. The van der Waals surface area contributed by atoms with Gasteiger partial charge in [-0.25, -0.2) is 8.42 Å². The van der Waals surface area contributed by atoms with E-state index in [0.717, 1.165) is 12.8 Å². The van der Waals surface area contributed by atoms with Gasteiger partial charge in [0.15, 0.2) is 9.84 Å². The predicted molar refractivity (Wildman–Crippen MR) is 65.6 cm³/mol. The minimum Gasteiger partial charge on any atom is -0.342 e. The minimum atomic E-state index is -3.11. The minimum absolute atomic E-state index is 0.0265. The first-order chi connectivity index (χ1) is 8.43. The van der Waals surface area contributed by atoms with Gasteiger partial charge in [-0.1, -0.05) is 6.92 Å². The Bertz CT molecular complexity index is 456. The van der Waals surface area contributed by atoms with Crippen LogP contribution >= 0.6 is 0 Å². The summed E-state index contributed by atoms with van der Waals surface area (Å²) in [6.45, 7) is 1.67. The number of nitrogens with zero attached hydrogens (tertiary/aromatic N) is 1. The van der Waals surface area contributed by atoms with Gasteiger partial charge in [0.25, 0.3) is 0 Å². The quantitative estimate of drug-likeness (QED) is 0.708. The van der Waals surface area contributed by atoms with E-state index < -0.39 is 15.9 Å². The molecule has 7 heteroatoms. The van der Waals surface area contributed by atoms with E-state index in [1.165, 1.54) is 4.90 Å². The molecule has 0 aromatic carbocycles. The smallest absolute Gasteiger partial charge is 0.245 e. The van der Waals surface area contributed by atoms with Crippen LogP contribution in [0.25, 0.3) is 0 Å². The fourth-order valence-corrected chi connectivity index (χ4v) is 2.85. The Hall–Kier alpha value is -1.11. The van der Waals surface area contributed by atoms with Crippen molar-refractivity contribution in [3.8, 4) is 0 Å². The number of amides is 2. The SMILES string of the molecule is CCS(=O)(=O)CCN1CC(=O)NC(C2CC2)C1=O. The molecule has 0 aromatic rings. The summed E-state index contributed by atoms with van der Waals surface area (Å²) in [7, 11) is -3.11. The summed E-state index contributed by atoms with van der Waals surface area (Å²) >= 11 is 0. The first-order valence-corrected chi connectivity index (χ1v) is 8.03. The molecule has 1 saturated heterocycles. The molecule has 1 unspecified atom stereocenters. The number of sulfone groups is 1. The number of piperazine rings is 1. The van der Waals surface area contributed by atoms with Crippen molar-refractivity contribution in [2.75, 3.05) is 24.6 Å². The fourth-order valence-electron chi connectivity index (χ4n) is 2.06. The van der Waals surface area contributed by atoms with Crippen molar-refractivity contribution >= 4 is 21.7 Å². The third-order valence-electron chi connectivity index (χ3n) is 3.43. The second kappa shape index (κ2) is 4.87. The second-order valence-corrected chi connectivity index (χ2v) is 7.35. The van der Waals surface area contributed by atoms with Crippen LogP contribution < -0.4 is 5.32 Å². The zero-order chi connectivity index (χ0) is 13.3. The van der Waals surface area contributed by atoms with Gasteiger partial charge in [0.05, 0.1) is 12.3 Å². The summed E-state index contributed by atoms with van der Waals surface area (Å²) < 4.78 is 22.8. The van der Waals surface area contributed by atoms with Gasteiger partial charge in [-0.2, -0.15) is 0 Å². The lowest BCUT2D eigenvalue weighted by molar-refractivity contribution is -0.144. The van der Waals surface area contributed by atoms with Gasteiger partial charge in [-0.05, 0) is 18.8 Å². The third kappa shape index (κ3) is 3.01. The van der Waals surface area contributed by atoms with Crippen LogP contribution in [0.3, 0.4) is 0 Å². The van der Waals surface area contributed by atoms with Gasteiger partial charge in [0.2, 0.25) is 11.8 Å². The Morgan fingerprint density at radius 2 is 2.00 bits per heavy atom. The number of nitrogens with one attached hydrogen (secondary N) is 1. The molecule has 1 saturated carbocycles. The Morgan fingerprint density at radius 3 is 2.56 bits per heavy atom. The maximum Gasteiger partial charge on any atom is 0.245 e. The first kappa shape index (κ1) is 13.3. The average Bonchev–Trinajstić information content (AvgIpc) is 3.14. The van der Waals surface area contributed by atoms with Crippen LogP contribution in [0.15, 0.2) is 0 Å². The van der Waals surface area contributed by atoms with Crippen LogP contribution in [0.4, 0.5) is 0 Å². The third-order valence-corrected chi connectivity index (χ3v) is 5.12. The second-order valence-electron chi connectivity index (χ2n) is 4.88. The van der Waals surface area contributed by atoms with Gasteiger partial charge in [-0.15, -0.1) is 0 Å². The van der Waals surface area contributed by atoms with Crippen molar-refractivity contribution in [1.82, 2.24) is 10.2 Å². The summed E-state index contributed by atoms with van der Waals surface area (Å²) in [5.41, 5.74) is 0. The molecule has 0 bridgehead atoms. The zero-order valence-electron chi connectivity index (χ0n) is 10.4. The molecule has 0 spiro atoms. The predicted octanol–water partition coefficient (Wildman–Crippen LogP) is -0.842. The normalized spacial score (nSPS) is 25.2. The van der Waals surface area contributed by atoms with Gasteiger partial charge in [0, 0.05) is 12.3 Å². The van der Waals surface area contributed by atoms with E-state index in [2.05, 4.69) is 5.32 Å². The average molecular weight is 274 g/mol. The number of carbonyl (C=O) groups excluding carboxylic acids is 2. The van der Waals surface area contributed by atoms with Crippen molar-refractivity contribution in [2.24, 2.45) is 5.92 Å². The maximum atomic E-state index is 12.1. The van der Waals surface area contributed by atoms with E-state index in [1.807, 2.05) is 0 Å². The highest BCUT2D eigenvalue weighted by Gasteiger charge is 2.42. The summed E-state index contributed by atoms with van der Waals surface area (Å²) in [4.78, 5) is 24.9. The Labute approximate surface area is 107 Å². The standard InChI is InChI=1S/C11H18N2O4S/c1-2-18(16,17)6-5-13-7-9(14)12-10(11(13)15)8-3-4-8/h8,10H,2-7H2,1H3,(H,12,14). The van der Waals surface area contributed by atoms with E-state index in [4.69, 9.17) is 0 Å². The van der Waals surface area contributed by atoms with Crippen LogP contribution in [0.5, 0.6) is 0 Å². The summed E-state index contributed by atoms with van der Waals surface area (Å²) in [5, 5.41) is 2.69. The molecular weight excluding hydrogens is 256 g/mol. The van der Waals surface area contributed by atoms with E-state index in [0.29, 0.717) is 0 Å². The lowest BCUT2D eigenvalue weighted by atomic mass is 10.1. The van der Waals surface area contributed by atoms with E-state index in [9.17, 15) is 18.0 Å². The van der Waals surface area contributed by atoms with Crippen molar-refractivity contribution < 1.29 is 18.0 Å². The molecule has 1 N–H and O–H groups in total. The van der Waals surface area contributed by atoms with Gasteiger partial charge in [0.1, 0.15) is 6.04 Å². The fraction of sp³-hybridized carbons (Fsp3) is 0.818. The van der Waals surface area contributed by atoms with Crippen molar-refractivity contribution in [1.29, 1.82) is 0 Å². The largest absolute Gasteiger partial charge is 0.342 e.